The van der Waals surface area contributed by atoms with E-state index in [1.54, 1.807) is 0 Å². The van der Waals surface area contributed by atoms with Crippen molar-refractivity contribution in [2.45, 2.75) is 26.2 Å². The lowest BCUT2D eigenvalue weighted by Crippen LogP contribution is -2.10. The van der Waals surface area contributed by atoms with Gasteiger partial charge in [0.1, 0.15) is 22.3 Å². The molecule has 0 spiro atoms. The van der Waals surface area contributed by atoms with Crippen LogP contribution in [0.3, 0.4) is 0 Å². The zero-order valence-electron chi connectivity index (χ0n) is 39.0. The quantitative estimate of drug-likeness (QED) is 0.164. The highest BCUT2D eigenvalue weighted by molar-refractivity contribution is 6.34. The van der Waals surface area contributed by atoms with E-state index in [0.717, 1.165) is 153 Å². The predicted octanol–water partition coefficient (Wildman–Crippen LogP) is 18.4. The lowest BCUT2D eigenvalue weighted by atomic mass is 9.85. The Bertz CT molecular complexity index is 5580. The Morgan fingerprint density at radius 2 is 0.792 bits per heavy atom. The van der Waals surface area contributed by atoms with E-state index in [2.05, 4.69) is 163 Å². The molecule has 0 bridgehead atoms. The van der Waals surface area contributed by atoms with Gasteiger partial charge in [-0.05, 0) is 101 Å². The van der Waals surface area contributed by atoms with Crippen LogP contribution in [0.15, 0.2) is 175 Å². The summed E-state index contributed by atoms with van der Waals surface area (Å²) in [5.74, 6) is 0. The number of fused-ring (bicyclic) bond motifs is 28. The second-order valence-electron chi connectivity index (χ2n) is 21.0. The van der Waals surface area contributed by atoms with Gasteiger partial charge in [-0.25, -0.2) is 0 Å². The summed E-state index contributed by atoms with van der Waals surface area (Å²) in [5, 5.41) is 27.6. The Labute approximate surface area is 406 Å². The monoisotopic (exact) mass is 921 g/mol. The van der Waals surface area contributed by atoms with Crippen molar-refractivity contribution >= 4 is 164 Å². The third-order valence-electron chi connectivity index (χ3n) is 16.3. The molecule has 0 N–H and O–H groups in total. The standard InChI is InChI=1S/C65H35N3O4/c1-65(2,3)33-28-48-39-17-21-42-36-10-5-7-13-51(36)70-62(42)59(39)68-56(48)49(29-33)40-19-23-44-54-34(11-8-14-53(54)72-64(44)60(40)68)32-15-24-52-45(27-32)43-22-18-38-47-26-31(30-66)25-46-37-16-20-41-35-9-4-6-12-50(35)69-61(41)57(37)67(55(46)47)58(38)63(43)71-52/h4-29H,1-3H3. The number of para-hydroxylation sites is 2. The number of benzene rings is 10. The molecule has 0 aliphatic heterocycles. The molecule has 18 aromatic rings. The highest BCUT2D eigenvalue weighted by Gasteiger charge is 2.29. The van der Waals surface area contributed by atoms with Crippen LogP contribution < -0.4 is 0 Å². The van der Waals surface area contributed by atoms with Crippen molar-refractivity contribution in [2.75, 3.05) is 0 Å². The first kappa shape index (κ1) is 37.4. The SMILES string of the molecule is CC(C)(C)c1cc2c3ccc4c5ccccc5oc4c3n3c2c(c1)c1ccc2c(oc4cccc(-c5ccc6oc7c(ccc8c9cc(C#N)cc%10c%11ccc%12c%13ccccc%13oc%12c%11n(c%109)c87)c6c5)c42)c13. The van der Waals surface area contributed by atoms with Gasteiger partial charge in [-0.2, -0.15) is 5.26 Å². The first-order chi connectivity index (χ1) is 35.3. The molecule has 334 valence electrons. The van der Waals surface area contributed by atoms with Crippen molar-refractivity contribution in [1.82, 2.24) is 8.80 Å². The van der Waals surface area contributed by atoms with Crippen LogP contribution in [0.2, 0.25) is 0 Å². The fourth-order valence-electron chi connectivity index (χ4n) is 13.2. The highest BCUT2D eigenvalue weighted by atomic mass is 16.3. The van der Waals surface area contributed by atoms with E-state index < -0.39 is 0 Å². The number of nitriles is 1. The van der Waals surface area contributed by atoms with Crippen LogP contribution in [0.1, 0.15) is 31.9 Å². The minimum Gasteiger partial charge on any atom is -0.454 e. The zero-order chi connectivity index (χ0) is 47.2. The second kappa shape index (κ2) is 12.3. The maximum absolute atomic E-state index is 10.3. The van der Waals surface area contributed by atoms with Gasteiger partial charge in [0, 0.05) is 86.2 Å². The molecule has 7 heteroatoms. The van der Waals surface area contributed by atoms with Crippen molar-refractivity contribution in [3.63, 3.8) is 0 Å². The van der Waals surface area contributed by atoms with E-state index in [-0.39, 0.29) is 5.41 Å². The smallest absolute Gasteiger partial charge is 0.160 e. The minimum atomic E-state index is -0.0659. The van der Waals surface area contributed by atoms with E-state index in [4.69, 9.17) is 17.7 Å². The molecule has 0 radical (unpaired) electrons. The third kappa shape index (κ3) is 4.29. The fraction of sp³-hybridized carbons (Fsp3) is 0.0615. The van der Waals surface area contributed by atoms with Crippen LogP contribution in [0.4, 0.5) is 0 Å². The molecular formula is C65H35N3O4. The lowest BCUT2D eigenvalue weighted by molar-refractivity contribution is 0.592. The molecule has 8 heterocycles. The number of aromatic nitrogens is 2. The van der Waals surface area contributed by atoms with E-state index in [0.29, 0.717) is 5.56 Å². The van der Waals surface area contributed by atoms with Gasteiger partial charge in [0.05, 0.1) is 44.7 Å². The van der Waals surface area contributed by atoms with Crippen LogP contribution in [-0.2, 0) is 5.41 Å². The molecule has 72 heavy (non-hydrogen) atoms. The van der Waals surface area contributed by atoms with Crippen LogP contribution >= 0.6 is 0 Å². The summed E-state index contributed by atoms with van der Waals surface area (Å²) >= 11 is 0. The van der Waals surface area contributed by atoms with Crippen LogP contribution in [0, 0.1) is 11.3 Å². The molecule has 0 fully saturated rings. The summed E-state index contributed by atoms with van der Waals surface area (Å²) in [6, 6.07) is 58.5. The molecule has 0 atom stereocenters. The Hall–Kier alpha value is -9.51. The van der Waals surface area contributed by atoms with Crippen molar-refractivity contribution < 1.29 is 17.7 Å². The number of rotatable bonds is 1. The summed E-state index contributed by atoms with van der Waals surface area (Å²) in [4.78, 5) is 0. The Morgan fingerprint density at radius 3 is 1.32 bits per heavy atom. The zero-order valence-corrected chi connectivity index (χ0v) is 39.0. The first-order valence-electron chi connectivity index (χ1n) is 24.5. The average molecular weight is 922 g/mol. The Morgan fingerprint density at radius 1 is 0.361 bits per heavy atom. The minimum absolute atomic E-state index is 0.0659. The maximum atomic E-state index is 10.3. The van der Waals surface area contributed by atoms with Gasteiger partial charge in [-0.15, -0.1) is 0 Å². The van der Waals surface area contributed by atoms with Crippen molar-refractivity contribution in [3.8, 4) is 17.2 Å². The Balaban J connectivity index is 0.912. The van der Waals surface area contributed by atoms with Gasteiger partial charge < -0.3 is 26.5 Å². The van der Waals surface area contributed by atoms with Crippen molar-refractivity contribution in [2.24, 2.45) is 0 Å². The molecule has 0 saturated carbocycles. The van der Waals surface area contributed by atoms with E-state index in [9.17, 15) is 5.26 Å². The molecule has 0 aliphatic rings. The molecule has 0 aliphatic carbocycles. The molecule has 0 amide bonds. The Kier molecular flexibility index (Phi) is 6.37. The van der Waals surface area contributed by atoms with Crippen LogP contribution in [0.5, 0.6) is 0 Å². The summed E-state index contributed by atoms with van der Waals surface area (Å²) in [7, 11) is 0. The van der Waals surface area contributed by atoms with E-state index >= 15 is 0 Å². The molecule has 10 aromatic carbocycles. The number of hydrogen-bond acceptors (Lipinski definition) is 5. The summed E-state index contributed by atoms with van der Waals surface area (Å²) in [5.41, 5.74) is 17.0. The highest BCUT2D eigenvalue weighted by Crippen LogP contribution is 2.51. The van der Waals surface area contributed by atoms with E-state index in [1.807, 2.05) is 30.3 Å². The largest absolute Gasteiger partial charge is 0.454 e. The summed E-state index contributed by atoms with van der Waals surface area (Å²) in [6.45, 7) is 6.87. The number of hydrogen-bond donors (Lipinski definition) is 0. The van der Waals surface area contributed by atoms with Gasteiger partial charge >= 0.3 is 0 Å². The molecule has 18 rings (SSSR count). The van der Waals surface area contributed by atoms with Crippen molar-refractivity contribution in [3.05, 3.63) is 169 Å². The molecule has 8 aromatic heterocycles. The topological polar surface area (TPSA) is 85.2 Å². The van der Waals surface area contributed by atoms with Crippen molar-refractivity contribution in [1.29, 1.82) is 5.26 Å². The molecular weight excluding hydrogens is 887 g/mol. The van der Waals surface area contributed by atoms with Gasteiger partial charge in [-0.3, -0.25) is 0 Å². The van der Waals surface area contributed by atoms with Gasteiger partial charge in [0.25, 0.3) is 0 Å². The number of furan rings is 4. The summed E-state index contributed by atoms with van der Waals surface area (Å²) < 4.78 is 32.4. The molecule has 0 unspecified atom stereocenters. The average Bonchev–Trinajstić information content (AvgIpc) is 4.28. The van der Waals surface area contributed by atoms with Gasteiger partial charge in [0.15, 0.2) is 22.3 Å². The van der Waals surface area contributed by atoms with Crippen LogP contribution in [-0.4, -0.2) is 8.80 Å². The fourth-order valence-corrected chi connectivity index (χ4v) is 13.2. The normalized spacial score (nSPS) is 13.2. The van der Waals surface area contributed by atoms with E-state index in [1.165, 1.54) is 27.2 Å². The van der Waals surface area contributed by atoms with Gasteiger partial charge in [0.2, 0.25) is 0 Å². The molecule has 7 nitrogen and oxygen atoms in total. The predicted molar refractivity (Wildman–Crippen MR) is 294 cm³/mol. The number of nitrogens with zero attached hydrogens (tertiary/aromatic N) is 3. The lowest BCUT2D eigenvalue weighted by Gasteiger charge is -2.19. The van der Waals surface area contributed by atoms with Crippen LogP contribution in [0.25, 0.3) is 175 Å². The molecule has 0 saturated heterocycles. The maximum Gasteiger partial charge on any atom is 0.160 e. The summed E-state index contributed by atoms with van der Waals surface area (Å²) in [6.07, 6.45) is 0. The first-order valence-corrected chi connectivity index (χ1v) is 24.5. The second-order valence-corrected chi connectivity index (χ2v) is 21.0. The van der Waals surface area contributed by atoms with Gasteiger partial charge in [-0.1, -0.05) is 99.6 Å². The third-order valence-corrected chi connectivity index (χ3v) is 16.3.